The van der Waals surface area contributed by atoms with Gasteiger partial charge in [-0.15, -0.1) is 5.10 Å². The molecule has 1 rings (SSSR count). The highest BCUT2D eigenvalue weighted by atomic mass is 127. The zero-order chi connectivity index (χ0) is 12.4. The second-order valence-corrected chi connectivity index (χ2v) is 11.3. The van der Waals surface area contributed by atoms with E-state index in [0.717, 1.165) is 16.9 Å². The molecular weight excluding hydrogens is 333 g/mol. The van der Waals surface area contributed by atoms with E-state index in [4.69, 9.17) is 4.43 Å². The summed E-state index contributed by atoms with van der Waals surface area (Å²) in [6.45, 7) is 12.8. The largest absolute Gasteiger partial charge is 0.415 e. The van der Waals surface area contributed by atoms with Gasteiger partial charge >= 0.3 is 0 Å². The predicted octanol–water partition coefficient (Wildman–Crippen LogP) is 2.90. The maximum Gasteiger partial charge on any atom is 0.192 e. The van der Waals surface area contributed by atoms with Crippen LogP contribution in [-0.2, 0) is 11.0 Å². The van der Waals surface area contributed by atoms with Gasteiger partial charge in [0.1, 0.15) is 3.70 Å². The fourth-order valence-electron chi connectivity index (χ4n) is 1.00. The summed E-state index contributed by atoms with van der Waals surface area (Å²) in [5.74, 6) is 0. The fraction of sp³-hybridized carbons (Fsp3) is 0.800. The predicted molar refractivity (Wildman–Crippen MR) is 75.9 cm³/mol. The minimum absolute atomic E-state index is 0.266. The van der Waals surface area contributed by atoms with E-state index in [1.54, 1.807) is 6.20 Å². The minimum atomic E-state index is -1.62. The molecule has 1 aromatic rings. The van der Waals surface area contributed by atoms with Gasteiger partial charge in [-0.2, -0.15) is 0 Å². The zero-order valence-corrected chi connectivity index (χ0v) is 13.8. The first-order chi connectivity index (χ1) is 7.24. The van der Waals surface area contributed by atoms with E-state index in [9.17, 15) is 0 Å². The van der Waals surface area contributed by atoms with Crippen LogP contribution in [0.4, 0.5) is 0 Å². The van der Waals surface area contributed by atoms with Crippen molar-refractivity contribution in [1.82, 2.24) is 15.0 Å². The molecule has 1 aromatic heterocycles. The van der Waals surface area contributed by atoms with E-state index in [1.165, 1.54) is 0 Å². The lowest BCUT2D eigenvalue weighted by Gasteiger charge is -2.36. The van der Waals surface area contributed by atoms with Crippen molar-refractivity contribution in [3.05, 3.63) is 9.90 Å². The standard InChI is InChI=1S/C10H20IN3OSi/c1-10(2,3)16(4,5)15-7-6-14-9(11)8-12-13-14/h8H,6-7H2,1-5H3. The Bertz CT molecular complexity index is 346. The van der Waals surface area contributed by atoms with Crippen LogP contribution < -0.4 is 0 Å². The second kappa shape index (κ2) is 5.13. The lowest BCUT2D eigenvalue weighted by molar-refractivity contribution is 0.263. The van der Waals surface area contributed by atoms with Gasteiger partial charge in [0.2, 0.25) is 0 Å². The molecule has 0 aliphatic heterocycles. The average molecular weight is 353 g/mol. The molecular formula is C10H20IN3OSi. The third-order valence-electron chi connectivity index (χ3n) is 3.14. The summed E-state index contributed by atoms with van der Waals surface area (Å²) in [6.07, 6.45) is 1.76. The molecule has 0 aliphatic carbocycles. The van der Waals surface area contributed by atoms with Crippen molar-refractivity contribution in [1.29, 1.82) is 0 Å². The smallest absolute Gasteiger partial charge is 0.192 e. The average Bonchev–Trinajstić information content (AvgIpc) is 2.49. The maximum atomic E-state index is 6.07. The van der Waals surface area contributed by atoms with Gasteiger partial charge in [-0.25, -0.2) is 4.68 Å². The highest BCUT2D eigenvalue weighted by molar-refractivity contribution is 14.1. The summed E-state index contributed by atoms with van der Waals surface area (Å²) in [5, 5.41) is 8.11. The summed E-state index contributed by atoms with van der Waals surface area (Å²) in [7, 11) is -1.62. The monoisotopic (exact) mass is 353 g/mol. The molecule has 0 saturated heterocycles. The summed E-state index contributed by atoms with van der Waals surface area (Å²) in [5.41, 5.74) is 0. The Hall–Kier alpha value is 0.0469. The molecule has 1 heterocycles. The van der Waals surface area contributed by atoms with Gasteiger partial charge in [-0.3, -0.25) is 0 Å². The third kappa shape index (κ3) is 3.52. The number of hydrogen-bond acceptors (Lipinski definition) is 3. The lowest BCUT2D eigenvalue weighted by Crippen LogP contribution is -2.41. The van der Waals surface area contributed by atoms with Crippen LogP contribution in [0.15, 0.2) is 6.20 Å². The molecule has 0 fully saturated rings. The van der Waals surface area contributed by atoms with Crippen molar-refractivity contribution in [2.24, 2.45) is 0 Å². The van der Waals surface area contributed by atoms with E-state index >= 15 is 0 Å². The van der Waals surface area contributed by atoms with E-state index in [0.29, 0.717) is 0 Å². The topological polar surface area (TPSA) is 39.9 Å². The van der Waals surface area contributed by atoms with E-state index in [2.05, 4.69) is 66.8 Å². The SMILES string of the molecule is CC(C)(C)[Si](C)(C)OCCn1nncc1I. The van der Waals surface area contributed by atoms with Gasteiger partial charge in [-0.05, 0) is 40.7 Å². The van der Waals surface area contributed by atoms with Crippen LogP contribution in [0.1, 0.15) is 20.8 Å². The van der Waals surface area contributed by atoms with Crippen LogP contribution in [-0.4, -0.2) is 29.9 Å². The summed E-state index contributed by atoms with van der Waals surface area (Å²) in [4.78, 5) is 0. The molecule has 0 unspecified atom stereocenters. The van der Waals surface area contributed by atoms with E-state index < -0.39 is 8.32 Å². The van der Waals surface area contributed by atoms with Gasteiger partial charge in [0.25, 0.3) is 0 Å². The van der Waals surface area contributed by atoms with Crippen molar-refractivity contribution in [3.8, 4) is 0 Å². The molecule has 16 heavy (non-hydrogen) atoms. The number of hydrogen-bond donors (Lipinski definition) is 0. The van der Waals surface area contributed by atoms with Crippen LogP contribution in [0.3, 0.4) is 0 Å². The molecule has 92 valence electrons. The van der Waals surface area contributed by atoms with Crippen molar-refractivity contribution >= 4 is 30.9 Å². The molecule has 0 amide bonds. The van der Waals surface area contributed by atoms with Crippen molar-refractivity contribution < 1.29 is 4.43 Å². The van der Waals surface area contributed by atoms with Gasteiger partial charge in [-0.1, -0.05) is 26.0 Å². The van der Waals surface area contributed by atoms with Crippen LogP contribution >= 0.6 is 22.6 Å². The number of nitrogens with zero attached hydrogens (tertiary/aromatic N) is 3. The highest BCUT2D eigenvalue weighted by Crippen LogP contribution is 2.36. The molecule has 0 saturated carbocycles. The minimum Gasteiger partial charge on any atom is -0.415 e. The Morgan fingerprint density at radius 3 is 2.50 bits per heavy atom. The van der Waals surface area contributed by atoms with Crippen LogP contribution in [0.5, 0.6) is 0 Å². The fourth-order valence-corrected chi connectivity index (χ4v) is 2.50. The first-order valence-electron chi connectivity index (χ1n) is 5.42. The Labute approximate surface area is 112 Å². The Kier molecular flexibility index (Phi) is 4.53. The van der Waals surface area contributed by atoms with Gasteiger partial charge in [0, 0.05) is 0 Å². The molecule has 6 heteroatoms. The molecule has 0 aromatic carbocycles. The van der Waals surface area contributed by atoms with Crippen LogP contribution in [0.25, 0.3) is 0 Å². The normalized spacial score (nSPS) is 13.1. The van der Waals surface area contributed by atoms with Crippen LogP contribution in [0.2, 0.25) is 18.1 Å². The first kappa shape index (κ1) is 14.1. The maximum absolute atomic E-state index is 6.07. The molecule has 0 aliphatic rings. The second-order valence-electron chi connectivity index (χ2n) is 5.39. The van der Waals surface area contributed by atoms with Crippen molar-refractivity contribution in [2.45, 2.75) is 45.4 Å². The Balaban J connectivity index is 2.45. The molecule has 0 atom stereocenters. The summed E-state index contributed by atoms with van der Waals surface area (Å²) >= 11 is 2.23. The Morgan fingerprint density at radius 2 is 2.06 bits per heavy atom. The summed E-state index contributed by atoms with van der Waals surface area (Å²) in [6, 6.07) is 0. The molecule has 0 bridgehead atoms. The van der Waals surface area contributed by atoms with E-state index in [1.807, 2.05) is 4.68 Å². The number of aromatic nitrogens is 3. The van der Waals surface area contributed by atoms with E-state index in [-0.39, 0.29) is 5.04 Å². The summed E-state index contributed by atoms with van der Waals surface area (Å²) < 4.78 is 8.99. The van der Waals surface area contributed by atoms with Gasteiger partial charge < -0.3 is 4.43 Å². The van der Waals surface area contributed by atoms with Crippen molar-refractivity contribution in [3.63, 3.8) is 0 Å². The van der Waals surface area contributed by atoms with Crippen LogP contribution in [0, 0.1) is 3.70 Å². The molecule has 4 nitrogen and oxygen atoms in total. The quantitative estimate of drug-likeness (QED) is 0.617. The molecule has 0 N–H and O–H groups in total. The third-order valence-corrected chi connectivity index (χ3v) is 8.52. The van der Waals surface area contributed by atoms with Gasteiger partial charge in [0.05, 0.1) is 19.3 Å². The highest BCUT2D eigenvalue weighted by Gasteiger charge is 2.36. The molecule has 0 radical (unpaired) electrons. The number of rotatable bonds is 4. The first-order valence-corrected chi connectivity index (χ1v) is 9.41. The lowest BCUT2D eigenvalue weighted by atomic mass is 10.2. The number of halogens is 1. The Morgan fingerprint density at radius 1 is 1.44 bits per heavy atom. The zero-order valence-electron chi connectivity index (χ0n) is 10.6. The molecule has 0 spiro atoms. The van der Waals surface area contributed by atoms with Crippen molar-refractivity contribution in [2.75, 3.05) is 6.61 Å². The van der Waals surface area contributed by atoms with Gasteiger partial charge in [0.15, 0.2) is 8.32 Å².